The first-order chi connectivity index (χ1) is 16.7. The number of nitrogens with one attached hydrogen (secondary N) is 1. The molecule has 188 valence electrons. The van der Waals surface area contributed by atoms with Crippen LogP contribution in [0.4, 0.5) is 0 Å². The second-order valence-electron chi connectivity index (χ2n) is 9.80. The topological polar surface area (TPSA) is 67.9 Å². The van der Waals surface area contributed by atoms with Crippen LogP contribution >= 0.6 is 23.2 Å². The number of fused-ring (bicyclic) bond motifs is 1. The third-order valence-electron chi connectivity index (χ3n) is 7.42. The summed E-state index contributed by atoms with van der Waals surface area (Å²) in [6.45, 7) is 3.25. The molecule has 1 amide bonds. The van der Waals surface area contributed by atoms with E-state index in [9.17, 15) is 9.59 Å². The number of hydrogen-bond acceptors (Lipinski definition) is 5. The fourth-order valence-electron chi connectivity index (χ4n) is 5.87. The molecule has 2 aromatic carbocycles. The van der Waals surface area contributed by atoms with E-state index in [0.717, 1.165) is 43.5 Å². The van der Waals surface area contributed by atoms with Crippen molar-refractivity contribution in [2.45, 2.75) is 50.2 Å². The summed E-state index contributed by atoms with van der Waals surface area (Å²) in [5.41, 5.74) is 1.74. The Morgan fingerprint density at radius 1 is 1.17 bits per heavy atom. The Morgan fingerprint density at radius 3 is 2.69 bits per heavy atom. The smallest absolute Gasteiger partial charge is 0.308 e. The Hall–Kier alpha value is -2.12. The molecular weight excluding hydrogens is 487 g/mol. The molecule has 1 aliphatic heterocycles. The third-order valence-corrected chi connectivity index (χ3v) is 8.16. The first-order valence-corrected chi connectivity index (χ1v) is 12.7. The van der Waals surface area contributed by atoms with E-state index in [0.29, 0.717) is 15.8 Å². The molecule has 0 bridgehead atoms. The molecule has 2 aliphatic rings. The zero-order valence-corrected chi connectivity index (χ0v) is 21.9. The number of carbonyl (C=O) groups is 2. The van der Waals surface area contributed by atoms with Crippen LogP contribution in [-0.2, 0) is 26.2 Å². The number of halogens is 2. The van der Waals surface area contributed by atoms with E-state index in [4.69, 9.17) is 32.7 Å². The molecule has 0 radical (unpaired) electrons. The fraction of sp³-hybridized carbons (Fsp3) is 0.481. The number of hydrogen-bond donors (Lipinski definition) is 1. The van der Waals surface area contributed by atoms with Gasteiger partial charge in [-0.15, -0.1) is 0 Å². The highest BCUT2D eigenvalue weighted by Gasteiger charge is 2.52. The number of esters is 1. The van der Waals surface area contributed by atoms with Crippen LogP contribution in [0.15, 0.2) is 42.5 Å². The van der Waals surface area contributed by atoms with Gasteiger partial charge in [-0.1, -0.05) is 41.4 Å². The van der Waals surface area contributed by atoms with E-state index in [1.54, 1.807) is 25.3 Å². The van der Waals surface area contributed by atoms with E-state index < -0.39 is 0 Å². The Labute approximate surface area is 216 Å². The molecule has 0 aromatic heterocycles. The van der Waals surface area contributed by atoms with Crippen molar-refractivity contribution in [2.24, 2.45) is 5.92 Å². The Bertz CT molecular complexity index is 1090. The summed E-state index contributed by atoms with van der Waals surface area (Å²) in [6.07, 6.45) is 2.68. The lowest BCUT2D eigenvalue weighted by molar-refractivity contribution is -0.132. The predicted molar refractivity (Wildman–Crippen MR) is 137 cm³/mol. The van der Waals surface area contributed by atoms with Crippen LogP contribution in [0.2, 0.25) is 10.0 Å². The first-order valence-electron chi connectivity index (χ1n) is 11.9. The quantitative estimate of drug-likeness (QED) is 0.445. The lowest BCUT2D eigenvalue weighted by Gasteiger charge is -2.55. The maximum Gasteiger partial charge on any atom is 0.308 e. The van der Waals surface area contributed by atoms with Gasteiger partial charge in [-0.2, -0.15) is 0 Å². The van der Waals surface area contributed by atoms with Crippen molar-refractivity contribution in [2.75, 3.05) is 27.2 Å². The van der Waals surface area contributed by atoms with Crippen molar-refractivity contribution in [1.82, 2.24) is 10.2 Å². The summed E-state index contributed by atoms with van der Waals surface area (Å²) in [6, 6.07) is 13.0. The Balaban J connectivity index is 1.60. The number of nitrogens with zero attached hydrogens (tertiary/aromatic N) is 1. The molecule has 1 saturated heterocycles. The normalized spacial score (nSPS) is 26.6. The van der Waals surface area contributed by atoms with Gasteiger partial charge < -0.3 is 19.7 Å². The average molecular weight is 519 g/mol. The van der Waals surface area contributed by atoms with Crippen LogP contribution in [0, 0.1) is 5.92 Å². The molecule has 8 heteroatoms. The highest BCUT2D eigenvalue weighted by Crippen LogP contribution is 2.50. The standard InChI is InChI=1S/C27H32Cl2N2O4/c1-17(32)35-21-6-4-5-19(13-21)27-9-10-31(2)16-22(27)25(34-3)14-20(15-27)30-26(33)12-18-7-8-23(28)24(29)11-18/h4-8,11,13,20,22,25H,9-10,12,14-16H2,1-3H3,(H,30,33). The summed E-state index contributed by atoms with van der Waals surface area (Å²) < 4.78 is 11.4. The van der Waals surface area contributed by atoms with Crippen molar-refractivity contribution in [3.8, 4) is 5.75 Å². The molecule has 1 heterocycles. The van der Waals surface area contributed by atoms with Crippen LogP contribution in [0.5, 0.6) is 5.75 Å². The van der Waals surface area contributed by atoms with Crippen LogP contribution in [0.1, 0.15) is 37.3 Å². The van der Waals surface area contributed by atoms with Gasteiger partial charge in [0.2, 0.25) is 5.91 Å². The maximum atomic E-state index is 13.0. The number of methoxy groups -OCH3 is 1. The summed E-state index contributed by atoms with van der Waals surface area (Å²) in [5.74, 6) is 0.396. The van der Waals surface area contributed by atoms with E-state index in [2.05, 4.69) is 23.3 Å². The Kier molecular flexibility index (Phi) is 8.06. The minimum absolute atomic E-state index is 0.0147. The van der Waals surface area contributed by atoms with E-state index in [1.807, 2.05) is 18.2 Å². The van der Waals surface area contributed by atoms with Crippen molar-refractivity contribution in [1.29, 1.82) is 0 Å². The number of piperidine rings is 1. The molecule has 2 fully saturated rings. The minimum Gasteiger partial charge on any atom is -0.427 e. The highest BCUT2D eigenvalue weighted by atomic mass is 35.5. The third kappa shape index (κ3) is 5.83. The van der Waals surface area contributed by atoms with E-state index in [1.165, 1.54) is 6.92 Å². The number of benzene rings is 2. The van der Waals surface area contributed by atoms with Crippen LogP contribution in [0.3, 0.4) is 0 Å². The van der Waals surface area contributed by atoms with E-state index in [-0.39, 0.29) is 41.8 Å². The number of likely N-dealkylation sites (tertiary alicyclic amines) is 1. The van der Waals surface area contributed by atoms with Gasteiger partial charge in [0.1, 0.15) is 5.75 Å². The molecule has 0 spiro atoms. The first kappa shape index (κ1) is 26.0. The fourth-order valence-corrected chi connectivity index (χ4v) is 6.19. The largest absolute Gasteiger partial charge is 0.427 e. The molecule has 1 saturated carbocycles. The predicted octanol–water partition coefficient (Wildman–Crippen LogP) is 4.64. The second kappa shape index (κ2) is 10.9. The summed E-state index contributed by atoms with van der Waals surface area (Å²) >= 11 is 12.1. The molecule has 4 unspecified atom stereocenters. The number of carbonyl (C=O) groups excluding carboxylic acids is 2. The molecule has 1 aliphatic carbocycles. The van der Waals surface area contributed by atoms with Gasteiger partial charge in [0.25, 0.3) is 0 Å². The van der Waals surface area contributed by atoms with Crippen molar-refractivity contribution >= 4 is 35.1 Å². The van der Waals surface area contributed by atoms with Gasteiger partial charge >= 0.3 is 5.97 Å². The van der Waals surface area contributed by atoms with Crippen molar-refractivity contribution in [3.63, 3.8) is 0 Å². The van der Waals surface area contributed by atoms with Gasteiger partial charge in [0.15, 0.2) is 0 Å². The van der Waals surface area contributed by atoms with Crippen molar-refractivity contribution in [3.05, 3.63) is 63.6 Å². The van der Waals surface area contributed by atoms with Gasteiger partial charge in [-0.25, -0.2) is 0 Å². The monoisotopic (exact) mass is 518 g/mol. The lowest BCUT2D eigenvalue weighted by atomic mass is 9.57. The molecule has 2 aromatic rings. The maximum absolute atomic E-state index is 13.0. The number of amides is 1. The molecule has 4 atom stereocenters. The van der Waals surface area contributed by atoms with Gasteiger partial charge in [0, 0.05) is 38.0 Å². The highest BCUT2D eigenvalue weighted by molar-refractivity contribution is 6.42. The van der Waals surface area contributed by atoms with Crippen LogP contribution in [-0.4, -0.2) is 56.2 Å². The Morgan fingerprint density at radius 2 is 1.97 bits per heavy atom. The lowest BCUT2D eigenvalue weighted by Crippen LogP contribution is -2.60. The van der Waals surface area contributed by atoms with Crippen LogP contribution < -0.4 is 10.1 Å². The molecule has 1 N–H and O–H groups in total. The summed E-state index contributed by atoms with van der Waals surface area (Å²) in [4.78, 5) is 26.9. The van der Waals surface area contributed by atoms with Gasteiger partial charge in [0.05, 0.1) is 22.6 Å². The average Bonchev–Trinajstić information content (AvgIpc) is 2.81. The second-order valence-corrected chi connectivity index (χ2v) is 10.6. The zero-order valence-electron chi connectivity index (χ0n) is 20.4. The summed E-state index contributed by atoms with van der Waals surface area (Å²) in [7, 11) is 3.89. The van der Waals surface area contributed by atoms with Gasteiger partial charge in [-0.05, 0) is 68.2 Å². The minimum atomic E-state index is -0.342. The van der Waals surface area contributed by atoms with Gasteiger partial charge in [-0.3, -0.25) is 9.59 Å². The molecule has 6 nitrogen and oxygen atoms in total. The number of ether oxygens (including phenoxy) is 2. The molecular formula is C27H32Cl2N2O4. The van der Waals surface area contributed by atoms with Crippen LogP contribution in [0.25, 0.3) is 0 Å². The van der Waals surface area contributed by atoms with E-state index >= 15 is 0 Å². The molecule has 4 rings (SSSR count). The van der Waals surface area contributed by atoms with Crippen molar-refractivity contribution < 1.29 is 19.1 Å². The molecule has 35 heavy (non-hydrogen) atoms. The SMILES string of the molecule is COC1CC(NC(=O)Cc2ccc(Cl)c(Cl)c2)CC2(c3cccc(OC(C)=O)c3)CCN(C)CC12. The number of rotatable bonds is 6. The summed E-state index contributed by atoms with van der Waals surface area (Å²) in [5, 5.41) is 4.17. The zero-order chi connectivity index (χ0) is 25.2.